The maximum atomic E-state index is 11.5. The minimum Gasteiger partial charge on any atom is -0.362 e. The zero-order valence-corrected chi connectivity index (χ0v) is 13.6. The number of nitrogens with one attached hydrogen (secondary N) is 1. The highest BCUT2D eigenvalue weighted by Gasteiger charge is 2.33. The Morgan fingerprint density at radius 3 is 2.62 bits per heavy atom. The highest BCUT2D eigenvalue weighted by Crippen LogP contribution is 2.37. The first-order valence-corrected chi connectivity index (χ1v) is 7.80. The fourth-order valence-corrected chi connectivity index (χ4v) is 3.23. The highest BCUT2D eigenvalue weighted by molar-refractivity contribution is 5.61. The maximum Gasteiger partial charge on any atom is 0.334 e. The summed E-state index contributed by atoms with van der Waals surface area (Å²) in [7, 11) is 1.78. The average Bonchev–Trinajstić information content (AvgIpc) is 2.73. The third-order valence-corrected chi connectivity index (χ3v) is 4.81. The smallest absolute Gasteiger partial charge is 0.334 e. The first-order valence-electron chi connectivity index (χ1n) is 7.80. The van der Waals surface area contributed by atoms with Gasteiger partial charge in [0.25, 0.3) is 0 Å². The lowest BCUT2D eigenvalue weighted by Crippen LogP contribution is -2.35. The molecule has 21 heavy (non-hydrogen) atoms. The predicted molar refractivity (Wildman–Crippen MR) is 83.5 cm³/mol. The monoisotopic (exact) mass is 294 g/mol. The van der Waals surface area contributed by atoms with Crippen molar-refractivity contribution >= 4 is 11.5 Å². The summed E-state index contributed by atoms with van der Waals surface area (Å²) in [6, 6.07) is 0.280. The fraction of sp³-hybridized carbons (Fsp3) is 0.800. The van der Waals surface area contributed by atoms with Crippen molar-refractivity contribution in [3.05, 3.63) is 15.8 Å². The van der Waals surface area contributed by atoms with E-state index >= 15 is 0 Å². The Labute approximate surface area is 126 Å². The molecule has 0 radical (unpaired) electrons. The van der Waals surface area contributed by atoms with Crippen LogP contribution in [0.1, 0.15) is 58.6 Å². The van der Waals surface area contributed by atoms with E-state index in [1.54, 1.807) is 11.7 Å². The summed E-state index contributed by atoms with van der Waals surface area (Å²) in [5.74, 6) is 1.74. The van der Waals surface area contributed by atoms with Crippen LogP contribution in [0.3, 0.4) is 0 Å². The van der Waals surface area contributed by atoms with E-state index in [0.717, 1.165) is 6.42 Å². The van der Waals surface area contributed by atoms with E-state index in [-0.39, 0.29) is 22.6 Å². The number of hydrogen-bond donors (Lipinski definition) is 1. The van der Waals surface area contributed by atoms with Crippen LogP contribution in [0, 0.1) is 22.0 Å². The molecule has 0 spiro atoms. The minimum absolute atomic E-state index is 0.0369. The van der Waals surface area contributed by atoms with Crippen LogP contribution in [0.25, 0.3) is 0 Å². The molecular weight excluding hydrogens is 268 g/mol. The van der Waals surface area contributed by atoms with E-state index in [2.05, 4.69) is 24.3 Å². The van der Waals surface area contributed by atoms with Crippen LogP contribution in [-0.2, 0) is 7.05 Å². The second-order valence-electron chi connectivity index (χ2n) is 6.64. The Hall–Kier alpha value is -1.59. The van der Waals surface area contributed by atoms with Gasteiger partial charge in [0.2, 0.25) is 5.82 Å². The van der Waals surface area contributed by atoms with E-state index in [1.807, 2.05) is 13.8 Å². The molecule has 118 valence electrons. The molecule has 1 fully saturated rings. The lowest BCUT2D eigenvalue weighted by atomic mass is 9.78. The number of aryl methyl sites for hydroxylation is 1. The van der Waals surface area contributed by atoms with Crippen molar-refractivity contribution in [3.8, 4) is 0 Å². The van der Waals surface area contributed by atoms with Gasteiger partial charge >= 0.3 is 5.69 Å². The summed E-state index contributed by atoms with van der Waals surface area (Å²) in [4.78, 5) is 11.2. The zero-order chi connectivity index (χ0) is 15.7. The van der Waals surface area contributed by atoms with E-state index in [9.17, 15) is 10.1 Å². The van der Waals surface area contributed by atoms with Gasteiger partial charge < -0.3 is 5.32 Å². The van der Waals surface area contributed by atoms with Crippen molar-refractivity contribution in [2.75, 3.05) is 5.32 Å². The normalized spacial score (nSPS) is 26.1. The Kier molecular flexibility index (Phi) is 4.54. The van der Waals surface area contributed by atoms with Crippen LogP contribution in [0.5, 0.6) is 0 Å². The van der Waals surface area contributed by atoms with Crippen molar-refractivity contribution in [2.45, 2.75) is 58.9 Å². The number of hydrogen-bond acceptors (Lipinski definition) is 4. The van der Waals surface area contributed by atoms with Crippen LogP contribution in [-0.4, -0.2) is 20.7 Å². The first-order chi connectivity index (χ1) is 9.82. The molecule has 6 nitrogen and oxygen atoms in total. The van der Waals surface area contributed by atoms with Gasteiger partial charge in [-0.2, -0.15) is 5.10 Å². The predicted octanol–water partition coefficient (Wildman–Crippen LogP) is 3.69. The van der Waals surface area contributed by atoms with Crippen LogP contribution >= 0.6 is 0 Å². The third-order valence-electron chi connectivity index (χ3n) is 4.81. The van der Waals surface area contributed by atoms with Crippen molar-refractivity contribution in [2.24, 2.45) is 18.9 Å². The quantitative estimate of drug-likeness (QED) is 0.679. The largest absolute Gasteiger partial charge is 0.362 e. The van der Waals surface area contributed by atoms with E-state index in [4.69, 9.17) is 0 Å². The lowest BCUT2D eigenvalue weighted by Gasteiger charge is -2.34. The molecule has 0 aromatic carbocycles. The SMILES string of the molecule is CC(C)c1nn(C)c(NC2CCCC(C)C2C)c1[N+](=O)[O-]. The Morgan fingerprint density at radius 2 is 2.05 bits per heavy atom. The molecule has 1 saturated carbocycles. The Bertz CT molecular complexity index is 524. The van der Waals surface area contributed by atoms with Crippen LogP contribution in [0.15, 0.2) is 0 Å². The second-order valence-corrected chi connectivity index (χ2v) is 6.64. The molecule has 0 saturated heterocycles. The molecule has 0 bridgehead atoms. The summed E-state index contributed by atoms with van der Waals surface area (Å²) < 4.78 is 1.62. The van der Waals surface area contributed by atoms with Crippen molar-refractivity contribution in [1.29, 1.82) is 0 Å². The Morgan fingerprint density at radius 1 is 1.38 bits per heavy atom. The molecule has 1 aromatic rings. The number of aromatic nitrogens is 2. The molecular formula is C15H26N4O2. The van der Waals surface area contributed by atoms with E-state index < -0.39 is 0 Å². The van der Waals surface area contributed by atoms with Crippen molar-refractivity contribution in [1.82, 2.24) is 9.78 Å². The summed E-state index contributed by atoms with van der Waals surface area (Å²) in [6.45, 7) is 8.36. The minimum atomic E-state index is -0.304. The number of nitrogens with zero attached hydrogens (tertiary/aromatic N) is 3. The van der Waals surface area contributed by atoms with Gasteiger partial charge in [0.15, 0.2) is 0 Å². The summed E-state index contributed by atoms with van der Waals surface area (Å²) in [5, 5.41) is 19.2. The van der Waals surface area contributed by atoms with E-state index in [1.165, 1.54) is 12.8 Å². The first kappa shape index (κ1) is 15.8. The third kappa shape index (κ3) is 3.04. The van der Waals surface area contributed by atoms with Crippen LogP contribution in [0.2, 0.25) is 0 Å². The molecule has 2 rings (SSSR count). The van der Waals surface area contributed by atoms with Gasteiger partial charge in [-0.15, -0.1) is 0 Å². The summed E-state index contributed by atoms with van der Waals surface area (Å²) in [5.41, 5.74) is 0.694. The second kappa shape index (κ2) is 6.03. The number of anilines is 1. The molecule has 1 heterocycles. The Balaban J connectivity index is 2.33. The molecule has 0 aliphatic heterocycles. The van der Waals surface area contributed by atoms with Crippen molar-refractivity contribution < 1.29 is 4.92 Å². The summed E-state index contributed by atoms with van der Waals surface area (Å²) >= 11 is 0. The zero-order valence-electron chi connectivity index (χ0n) is 13.6. The van der Waals surface area contributed by atoms with Gasteiger partial charge in [-0.1, -0.05) is 40.5 Å². The molecule has 3 atom stereocenters. The van der Waals surface area contributed by atoms with Crippen LogP contribution < -0.4 is 5.32 Å². The van der Waals surface area contributed by atoms with Gasteiger partial charge in [-0.3, -0.25) is 10.1 Å². The molecule has 3 unspecified atom stereocenters. The molecule has 1 aromatic heterocycles. The lowest BCUT2D eigenvalue weighted by molar-refractivity contribution is -0.384. The van der Waals surface area contributed by atoms with Gasteiger partial charge in [0.1, 0.15) is 5.69 Å². The van der Waals surface area contributed by atoms with Gasteiger partial charge in [0.05, 0.1) is 4.92 Å². The molecule has 1 aliphatic carbocycles. The highest BCUT2D eigenvalue weighted by atomic mass is 16.6. The van der Waals surface area contributed by atoms with Gasteiger partial charge in [0, 0.05) is 19.0 Å². The molecule has 1 aliphatic rings. The molecule has 1 N–H and O–H groups in total. The van der Waals surface area contributed by atoms with Crippen LogP contribution in [0.4, 0.5) is 11.5 Å². The topological polar surface area (TPSA) is 73.0 Å². The fourth-order valence-electron chi connectivity index (χ4n) is 3.23. The summed E-state index contributed by atoms with van der Waals surface area (Å²) in [6.07, 6.45) is 3.47. The number of rotatable bonds is 4. The molecule has 0 amide bonds. The number of nitro groups is 1. The van der Waals surface area contributed by atoms with Gasteiger partial charge in [-0.25, -0.2) is 4.68 Å². The van der Waals surface area contributed by atoms with Gasteiger partial charge in [-0.05, 0) is 18.3 Å². The average molecular weight is 294 g/mol. The van der Waals surface area contributed by atoms with E-state index in [0.29, 0.717) is 23.3 Å². The maximum absolute atomic E-state index is 11.5. The standard InChI is InChI=1S/C15H26N4O2/c1-9(2)13-14(19(20)21)15(18(5)17-13)16-12-8-6-7-10(3)11(12)4/h9-12,16H,6-8H2,1-5H3. The molecule has 6 heteroatoms. The van der Waals surface area contributed by atoms with Crippen molar-refractivity contribution in [3.63, 3.8) is 0 Å².